The standard InChI is InChI=1S/C14H14FNO2/c1-10(17)12-3-2-11(15)8-13(12)18-9-14(4-5-14)6-7-16/h2-3,8H,4-6,9H2,1H3. The predicted octanol–water partition coefficient (Wildman–Crippen LogP) is 3.10. The van der Waals surface area contributed by atoms with Crippen molar-refractivity contribution >= 4 is 5.78 Å². The van der Waals surface area contributed by atoms with E-state index in [9.17, 15) is 9.18 Å². The summed E-state index contributed by atoms with van der Waals surface area (Å²) in [6, 6.07) is 6.03. The minimum absolute atomic E-state index is 0.0882. The Morgan fingerprint density at radius 1 is 1.56 bits per heavy atom. The maximum Gasteiger partial charge on any atom is 0.163 e. The van der Waals surface area contributed by atoms with Crippen molar-refractivity contribution in [2.45, 2.75) is 26.2 Å². The van der Waals surface area contributed by atoms with Gasteiger partial charge < -0.3 is 4.74 Å². The molecule has 94 valence electrons. The Morgan fingerprint density at radius 3 is 2.83 bits per heavy atom. The number of halogens is 1. The van der Waals surface area contributed by atoms with Crippen molar-refractivity contribution in [3.05, 3.63) is 29.6 Å². The van der Waals surface area contributed by atoms with E-state index < -0.39 is 5.82 Å². The quantitative estimate of drug-likeness (QED) is 0.751. The van der Waals surface area contributed by atoms with Crippen molar-refractivity contribution in [2.24, 2.45) is 5.41 Å². The first-order valence-electron chi connectivity index (χ1n) is 5.87. The van der Waals surface area contributed by atoms with E-state index in [0.29, 0.717) is 18.6 Å². The van der Waals surface area contributed by atoms with Crippen LogP contribution in [0.25, 0.3) is 0 Å². The Labute approximate surface area is 105 Å². The SMILES string of the molecule is CC(=O)c1ccc(F)cc1OCC1(CC#N)CC1. The molecular formula is C14H14FNO2. The molecule has 0 saturated heterocycles. The van der Waals surface area contributed by atoms with Crippen LogP contribution in [0, 0.1) is 22.6 Å². The highest BCUT2D eigenvalue weighted by Gasteiger charge is 2.43. The van der Waals surface area contributed by atoms with Crippen LogP contribution in [0.1, 0.15) is 36.5 Å². The molecule has 0 heterocycles. The summed E-state index contributed by atoms with van der Waals surface area (Å²) in [7, 11) is 0. The third-order valence-corrected chi connectivity index (χ3v) is 3.27. The molecule has 0 atom stereocenters. The molecule has 0 amide bonds. The molecular weight excluding hydrogens is 233 g/mol. The summed E-state index contributed by atoms with van der Waals surface area (Å²) in [6.07, 6.45) is 2.34. The zero-order valence-electron chi connectivity index (χ0n) is 10.2. The van der Waals surface area contributed by atoms with Crippen LogP contribution in [-0.4, -0.2) is 12.4 Å². The van der Waals surface area contributed by atoms with Crippen LogP contribution in [0.5, 0.6) is 5.75 Å². The van der Waals surface area contributed by atoms with Crippen molar-refractivity contribution in [1.29, 1.82) is 5.26 Å². The minimum Gasteiger partial charge on any atom is -0.492 e. The maximum atomic E-state index is 13.2. The normalized spacial score (nSPS) is 15.8. The molecule has 0 N–H and O–H groups in total. The lowest BCUT2D eigenvalue weighted by atomic mass is 10.1. The summed E-state index contributed by atoms with van der Waals surface area (Å²) in [5.41, 5.74) is 0.291. The molecule has 4 heteroatoms. The zero-order chi connectivity index (χ0) is 13.2. The number of carbonyl (C=O) groups excluding carboxylic acids is 1. The number of nitrogens with zero attached hydrogens (tertiary/aromatic N) is 1. The van der Waals surface area contributed by atoms with Crippen molar-refractivity contribution in [3.8, 4) is 11.8 Å². The minimum atomic E-state index is -0.430. The van der Waals surface area contributed by atoms with Gasteiger partial charge in [-0.25, -0.2) is 4.39 Å². The summed E-state index contributed by atoms with van der Waals surface area (Å²) >= 11 is 0. The molecule has 2 rings (SSSR count). The van der Waals surface area contributed by atoms with Crippen LogP contribution >= 0.6 is 0 Å². The van der Waals surface area contributed by atoms with E-state index in [2.05, 4.69) is 6.07 Å². The number of ether oxygens (including phenoxy) is 1. The lowest BCUT2D eigenvalue weighted by Gasteiger charge is -2.14. The molecule has 1 aromatic carbocycles. The number of hydrogen-bond donors (Lipinski definition) is 0. The van der Waals surface area contributed by atoms with Crippen LogP contribution in [-0.2, 0) is 0 Å². The Hall–Kier alpha value is -1.89. The molecule has 0 radical (unpaired) electrons. The van der Waals surface area contributed by atoms with Gasteiger partial charge in [-0.15, -0.1) is 0 Å². The molecule has 1 aliphatic carbocycles. The van der Waals surface area contributed by atoms with Gasteiger partial charge in [0.25, 0.3) is 0 Å². The number of carbonyl (C=O) groups is 1. The van der Waals surface area contributed by atoms with E-state index in [1.165, 1.54) is 25.1 Å². The Kier molecular flexibility index (Phi) is 3.33. The first-order chi connectivity index (χ1) is 8.56. The van der Waals surface area contributed by atoms with Gasteiger partial charge in [0.2, 0.25) is 0 Å². The molecule has 1 aliphatic rings. The molecule has 0 spiro atoms. The van der Waals surface area contributed by atoms with Gasteiger partial charge in [-0.1, -0.05) is 0 Å². The Balaban J connectivity index is 2.11. The van der Waals surface area contributed by atoms with E-state index >= 15 is 0 Å². The summed E-state index contributed by atoms with van der Waals surface area (Å²) < 4.78 is 18.7. The fourth-order valence-electron chi connectivity index (χ4n) is 1.85. The Morgan fingerprint density at radius 2 is 2.28 bits per heavy atom. The Bertz CT molecular complexity index is 515. The lowest BCUT2D eigenvalue weighted by Crippen LogP contribution is -2.14. The van der Waals surface area contributed by atoms with E-state index in [1.54, 1.807) is 0 Å². The molecule has 1 aromatic rings. The van der Waals surface area contributed by atoms with Gasteiger partial charge in [0.15, 0.2) is 5.78 Å². The summed E-state index contributed by atoms with van der Waals surface area (Å²) in [5, 5.41) is 8.71. The molecule has 1 fully saturated rings. The van der Waals surface area contributed by atoms with Crippen molar-refractivity contribution in [1.82, 2.24) is 0 Å². The van der Waals surface area contributed by atoms with Crippen LogP contribution in [0.4, 0.5) is 4.39 Å². The number of hydrogen-bond acceptors (Lipinski definition) is 3. The van der Waals surface area contributed by atoms with E-state index in [0.717, 1.165) is 12.8 Å². The van der Waals surface area contributed by atoms with Gasteiger partial charge in [-0.3, -0.25) is 4.79 Å². The molecule has 1 saturated carbocycles. The smallest absolute Gasteiger partial charge is 0.163 e. The van der Waals surface area contributed by atoms with Crippen molar-refractivity contribution < 1.29 is 13.9 Å². The van der Waals surface area contributed by atoms with Gasteiger partial charge in [-0.2, -0.15) is 5.26 Å². The molecule has 0 aromatic heterocycles. The van der Waals surface area contributed by atoms with Crippen LogP contribution in [0.2, 0.25) is 0 Å². The second-order valence-electron chi connectivity index (χ2n) is 4.82. The van der Waals surface area contributed by atoms with E-state index in [1.807, 2.05) is 0 Å². The van der Waals surface area contributed by atoms with Crippen LogP contribution < -0.4 is 4.74 Å². The third kappa shape index (κ3) is 2.67. The molecule has 0 bridgehead atoms. The third-order valence-electron chi connectivity index (χ3n) is 3.27. The number of rotatable bonds is 5. The maximum absolute atomic E-state index is 13.2. The number of benzene rings is 1. The van der Waals surface area contributed by atoms with Crippen LogP contribution in [0.3, 0.4) is 0 Å². The molecule has 0 unspecified atom stereocenters. The first-order valence-corrected chi connectivity index (χ1v) is 5.87. The largest absolute Gasteiger partial charge is 0.492 e. The van der Waals surface area contributed by atoms with Gasteiger partial charge in [0, 0.05) is 17.9 Å². The fourth-order valence-corrected chi connectivity index (χ4v) is 1.85. The zero-order valence-corrected chi connectivity index (χ0v) is 10.2. The number of nitriles is 1. The average Bonchev–Trinajstić information content (AvgIpc) is 3.07. The highest BCUT2D eigenvalue weighted by atomic mass is 19.1. The van der Waals surface area contributed by atoms with Crippen molar-refractivity contribution in [2.75, 3.05) is 6.61 Å². The van der Waals surface area contributed by atoms with Crippen LogP contribution in [0.15, 0.2) is 18.2 Å². The predicted molar refractivity (Wildman–Crippen MR) is 63.8 cm³/mol. The van der Waals surface area contributed by atoms with Gasteiger partial charge in [0.05, 0.1) is 18.2 Å². The monoisotopic (exact) mass is 247 g/mol. The van der Waals surface area contributed by atoms with Gasteiger partial charge >= 0.3 is 0 Å². The van der Waals surface area contributed by atoms with Gasteiger partial charge in [-0.05, 0) is 31.9 Å². The van der Waals surface area contributed by atoms with E-state index in [-0.39, 0.29) is 16.9 Å². The summed E-state index contributed by atoms with van der Waals surface area (Å²) in [4.78, 5) is 11.4. The highest BCUT2D eigenvalue weighted by molar-refractivity contribution is 5.96. The van der Waals surface area contributed by atoms with Gasteiger partial charge in [0.1, 0.15) is 11.6 Å². The molecule has 18 heavy (non-hydrogen) atoms. The first kappa shape index (κ1) is 12.6. The lowest BCUT2D eigenvalue weighted by molar-refractivity contribution is 0.101. The highest BCUT2D eigenvalue weighted by Crippen LogP contribution is 2.48. The molecule has 0 aliphatic heterocycles. The summed E-state index contributed by atoms with van der Waals surface area (Å²) in [5.74, 6) is -0.318. The number of ketones is 1. The average molecular weight is 247 g/mol. The second kappa shape index (κ2) is 4.77. The van der Waals surface area contributed by atoms with E-state index in [4.69, 9.17) is 10.00 Å². The topological polar surface area (TPSA) is 50.1 Å². The second-order valence-corrected chi connectivity index (χ2v) is 4.82. The molecule has 3 nitrogen and oxygen atoms in total. The fraction of sp³-hybridized carbons (Fsp3) is 0.429. The van der Waals surface area contributed by atoms with Crippen molar-refractivity contribution in [3.63, 3.8) is 0 Å². The number of Topliss-reactive ketones (excluding diaryl/α,β-unsaturated/α-hetero) is 1. The summed E-state index contributed by atoms with van der Waals surface area (Å²) in [6.45, 7) is 1.78.